The molecular weight excluding hydrogens is 350 g/mol. The summed E-state index contributed by atoms with van der Waals surface area (Å²) in [6.45, 7) is 3.71. The minimum atomic E-state index is -3.32. The minimum absolute atomic E-state index is 0.0776. The van der Waals surface area contributed by atoms with Gasteiger partial charge in [0.25, 0.3) is 0 Å². The van der Waals surface area contributed by atoms with E-state index in [0.717, 1.165) is 11.3 Å². The first-order valence-electron chi connectivity index (χ1n) is 7.42. The van der Waals surface area contributed by atoms with Crippen LogP contribution in [0.15, 0.2) is 30.5 Å². The molecule has 8 heteroatoms. The second kappa shape index (κ2) is 7.72. The van der Waals surface area contributed by atoms with Crippen LogP contribution >= 0.6 is 11.6 Å². The normalized spacial score (nSPS) is 11.2. The lowest BCUT2D eigenvalue weighted by molar-refractivity contribution is 0.416. The van der Waals surface area contributed by atoms with Crippen LogP contribution in [0.5, 0.6) is 5.75 Å². The zero-order chi connectivity index (χ0) is 17.7. The van der Waals surface area contributed by atoms with Gasteiger partial charge in [0.05, 0.1) is 30.4 Å². The van der Waals surface area contributed by atoms with Crippen molar-refractivity contribution in [1.82, 2.24) is 4.98 Å². The average Bonchev–Trinajstić information content (AvgIpc) is 2.52. The molecule has 0 saturated heterocycles. The zero-order valence-electron chi connectivity index (χ0n) is 13.8. The Labute approximate surface area is 147 Å². The highest BCUT2D eigenvalue weighted by Crippen LogP contribution is 2.32. The molecule has 0 bridgehead atoms. The number of nitrogens with zero attached hydrogens (tertiary/aromatic N) is 1. The second-order valence-corrected chi connectivity index (χ2v) is 7.53. The summed E-state index contributed by atoms with van der Waals surface area (Å²) in [5, 5.41) is 3.75. The number of methoxy groups -OCH3 is 1. The van der Waals surface area contributed by atoms with E-state index in [9.17, 15) is 8.42 Å². The molecule has 2 N–H and O–H groups in total. The van der Waals surface area contributed by atoms with Gasteiger partial charge in [-0.05, 0) is 37.1 Å². The number of anilines is 3. The number of sulfonamides is 1. The molecule has 0 atom stereocenters. The number of nitrogens with one attached hydrogen (secondary N) is 2. The number of hydrogen-bond acceptors (Lipinski definition) is 5. The van der Waals surface area contributed by atoms with Gasteiger partial charge in [0.2, 0.25) is 10.0 Å². The van der Waals surface area contributed by atoms with Crippen molar-refractivity contribution in [2.45, 2.75) is 20.3 Å². The third-order valence-electron chi connectivity index (χ3n) is 3.25. The Morgan fingerprint density at radius 2 is 2.04 bits per heavy atom. The summed E-state index contributed by atoms with van der Waals surface area (Å²) in [6.07, 6.45) is 2.02. The number of aromatic nitrogens is 1. The van der Waals surface area contributed by atoms with Crippen molar-refractivity contribution in [3.8, 4) is 5.75 Å². The summed E-state index contributed by atoms with van der Waals surface area (Å²) in [5.74, 6) is 1.24. The summed E-state index contributed by atoms with van der Waals surface area (Å²) in [7, 11) is -1.76. The van der Waals surface area contributed by atoms with Crippen LogP contribution in [0.4, 0.5) is 17.2 Å². The van der Waals surface area contributed by atoms with E-state index in [0.29, 0.717) is 28.7 Å². The number of pyridine rings is 1. The fourth-order valence-electron chi connectivity index (χ4n) is 2.10. The van der Waals surface area contributed by atoms with E-state index in [2.05, 4.69) is 15.0 Å². The van der Waals surface area contributed by atoms with Gasteiger partial charge in [-0.2, -0.15) is 0 Å². The second-order valence-electron chi connectivity index (χ2n) is 5.28. The van der Waals surface area contributed by atoms with E-state index >= 15 is 0 Å². The van der Waals surface area contributed by atoms with E-state index in [-0.39, 0.29) is 5.75 Å². The molecule has 2 rings (SSSR count). The van der Waals surface area contributed by atoms with Crippen LogP contribution in [0.3, 0.4) is 0 Å². The summed E-state index contributed by atoms with van der Waals surface area (Å²) in [5.41, 5.74) is 2.06. The predicted octanol–water partition coefficient (Wildman–Crippen LogP) is 3.95. The van der Waals surface area contributed by atoms with Crippen LogP contribution in [-0.2, 0) is 10.0 Å². The summed E-state index contributed by atoms with van der Waals surface area (Å²) >= 11 is 6.09. The van der Waals surface area contributed by atoms with Gasteiger partial charge < -0.3 is 10.1 Å². The van der Waals surface area contributed by atoms with E-state index in [4.69, 9.17) is 16.3 Å². The van der Waals surface area contributed by atoms with Crippen molar-refractivity contribution >= 4 is 38.8 Å². The van der Waals surface area contributed by atoms with E-state index in [1.807, 2.05) is 19.9 Å². The van der Waals surface area contributed by atoms with Crippen molar-refractivity contribution in [3.05, 3.63) is 41.0 Å². The molecule has 0 amide bonds. The largest absolute Gasteiger partial charge is 0.495 e. The van der Waals surface area contributed by atoms with Crippen molar-refractivity contribution in [2.75, 3.05) is 22.9 Å². The molecule has 0 unspecified atom stereocenters. The third kappa shape index (κ3) is 4.75. The molecule has 130 valence electrons. The molecule has 0 aliphatic carbocycles. The zero-order valence-corrected chi connectivity index (χ0v) is 15.3. The predicted molar refractivity (Wildman–Crippen MR) is 98.0 cm³/mol. The molecule has 0 radical (unpaired) electrons. The van der Waals surface area contributed by atoms with Gasteiger partial charge >= 0.3 is 0 Å². The molecule has 2 aromatic rings. The summed E-state index contributed by atoms with van der Waals surface area (Å²) in [6, 6.07) is 6.93. The quantitative estimate of drug-likeness (QED) is 0.772. The van der Waals surface area contributed by atoms with Crippen molar-refractivity contribution in [1.29, 1.82) is 0 Å². The highest BCUT2D eigenvalue weighted by molar-refractivity contribution is 7.92. The van der Waals surface area contributed by atoms with Gasteiger partial charge in [-0.15, -0.1) is 0 Å². The highest BCUT2D eigenvalue weighted by Gasteiger charge is 2.10. The topological polar surface area (TPSA) is 80.3 Å². The maximum absolute atomic E-state index is 11.7. The van der Waals surface area contributed by atoms with Crippen LogP contribution in [0.1, 0.15) is 18.9 Å². The molecule has 1 aromatic carbocycles. The lowest BCUT2D eigenvalue weighted by Gasteiger charge is -2.13. The molecule has 0 fully saturated rings. The number of rotatable bonds is 7. The summed E-state index contributed by atoms with van der Waals surface area (Å²) in [4.78, 5) is 4.22. The molecule has 0 aliphatic rings. The number of aryl methyl sites for hydroxylation is 1. The maximum atomic E-state index is 11.7. The Morgan fingerprint density at radius 3 is 2.62 bits per heavy atom. The van der Waals surface area contributed by atoms with Crippen LogP contribution in [0.25, 0.3) is 0 Å². The fraction of sp³-hybridized carbons (Fsp3) is 0.312. The first-order valence-corrected chi connectivity index (χ1v) is 9.45. The Morgan fingerprint density at radius 1 is 1.29 bits per heavy atom. The van der Waals surface area contributed by atoms with Crippen LogP contribution in [0, 0.1) is 6.92 Å². The molecule has 0 aliphatic heterocycles. The van der Waals surface area contributed by atoms with Crippen LogP contribution in [-0.4, -0.2) is 26.3 Å². The van der Waals surface area contributed by atoms with Crippen molar-refractivity contribution in [2.24, 2.45) is 0 Å². The minimum Gasteiger partial charge on any atom is -0.495 e. The number of benzene rings is 1. The molecular formula is C16H20ClN3O3S. The Bertz CT molecular complexity index is 808. The van der Waals surface area contributed by atoms with E-state index in [1.165, 1.54) is 6.20 Å². The lowest BCUT2D eigenvalue weighted by Crippen LogP contribution is -2.16. The molecule has 24 heavy (non-hydrogen) atoms. The van der Waals surface area contributed by atoms with Gasteiger partial charge in [-0.25, -0.2) is 13.4 Å². The van der Waals surface area contributed by atoms with E-state index in [1.54, 1.807) is 25.3 Å². The SMILES string of the molecule is CCCS(=O)(=O)Nc1ccc(Nc2cc(C)c(Cl)cc2OC)nc1. The number of hydrogen-bond donors (Lipinski definition) is 2. The third-order valence-corrected chi connectivity index (χ3v) is 5.15. The first kappa shape index (κ1) is 18.4. The standard InChI is InChI=1S/C16H20ClN3O3S/c1-4-7-24(21,22)20-12-5-6-16(18-10-12)19-14-8-11(2)13(17)9-15(14)23-3/h5-6,8-10,20H,4,7H2,1-3H3,(H,18,19). The molecule has 1 heterocycles. The van der Waals surface area contributed by atoms with E-state index < -0.39 is 10.0 Å². The molecule has 0 saturated carbocycles. The average molecular weight is 370 g/mol. The lowest BCUT2D eigenvalue weighted by atomic mass is 10.2. The first-order chi connectivity index (χ1) is 11.3. The molecule has 6 nitrogen and oxygen atoms in total. The van der Waals surface area contributed by atoms with Crippen LogP contribution in [0.2, 0.25) is 5.02 Å². The fourth-order valence-corrected chi connectivity index (χ4v) is 3.37. The van der Waals surface area contributed by atoms with Gasteiger partial charge in [0.1, 0.15) is 11.6 Å². The van der Waals surface area contributed by atoms with Crippen molar-refractivity contribution in [3.63, 3.8) is 0 Å². The smallest absolute Gasteiger partial charge is 0.232 e. The van der Waals surface area contributed by atoms with Gasteiger partial charge in [-0.1, -0.05) is 18.5 Å². The Balaban J connectivity index is 2.16. The number of ether oxygens (including phenoxy) is 1. The monoisotopic (exact) mass is 369 g/mol. The molecule has 1 aromatic heterocycles. The van der Waals surface area contributed by atoms with Gasteiger partial charge in [-0.3, -0.25) is 4.72 Å². The number of halogens is 1. The van der Waals surface area contributed by atoms with Gasteiger partial charge in [0, 0.05) is 11.1 Å². The molecule has 0 spiro atoms. The highest BCUT2D eigenvalue weighted by atomic mass is 35.5. The van der Waals surface area contributed by atoms with Crippen LogP contribution < -0.4 is 14.8 Å². The Kier molecular flexibility index (Phi) is 5.90. The van der Waals surface area contributed by atoms with Crippen molar-refractivity contribution < 1.29 is 13.2 Å². The summed E-state index contributed by atoms with van der Waals surface area (Å²) < 4.78 is 31.3. The maximum Gasteiger partial charge on any atom is 0.232 e. The van der Waals surface area contributed by atoms with Gasteiger partial charge in [0.15, 0.2) is 0 Å². The Hall–Kier alpha value is -1.99.